The predicted octanol–water partition coefficient (Wildman–Crippen LogP) is -1.37. The smallest absolute Gasteiger partial charge is 0.407 e. The highest BCUT2D eigenvalue weighted by Gasteiger charge is 2.22. The number of amides is 3. The molecule has 0 aromatic carbocycles. The molecule has 1 aliphatic heterocycles. The van der Waals surface area contributed by atoms with Gasteiger partial charge in [-0.15, -0.1) is 0 Å². The molecule has 3 amide bonds. The summed E-state index contributed by atoms with van der Waals surface area (Å²) in [6, 6.07) is 0. The van der Waals surface area contributed by atoms with Gasteiger partial charge in [0.25, 0.3) is 11.8 Å². The van der Waals surface area contributed by atoms with E-state index in [0.717, 1.165) is 4.90 Å². The van der Waals surface area contributed by atoms with Crippen LogP contribution in [-0.2, 0) is 23.8 Å². The van der Waals surface area contributed by atoms with Crippen LogP contribution in [0.25, 0.3) is 0 Å². The van der Waals surface area contributed by atoms with Crippen LogP contribution >= 0.6 is 0 Å². The van der Waals surface area contributed by atoms with Crippen molar-refractivity contribution in [1.82, 2.24) is 10.2 Å². The molecule has 9 nitrogen and oxygen atoms in total. The molecule has 0 aromatic rings. The molecular weight excluding hydrogens is 294 g/mol. The Kier molecular flexibility index (Phi) is 8.80. The molecule has 1 aliphatic rings. The summed E-state index contributed by atoms with van der Waals surface area (Å²) in [5, 5.41) is 2.44. The van der Waals surface area contributed by atoms with Crippen molar-refractivity contribution in [2.75, 3.05) is 52.7 Å². The van der Waals surface area contributed by atoms with Gasteiger partial charge in [0.2, 0.25) is 0 Å². The van der Waals surface area contributed by atoms with Gasteiger partial charge < -0.3 is 25.3 Å². The van der Waals surface area contributed by atoms with Gasteiger partial charge in [-0.05, 0) is 0 Å². The van der Waals surface area contributed by atoms with Gasteiger partial charge >= 0.3 is 6.09 Å². The summed E-state index contributed by atoms with van der Waals surface area (Å²) in [5.74, 6) is -0.768. The third-order valence-electron chi connectivity index (χ3n) is 2.60. The third kappa shape index (κ3) is 7.16. The number of nitrogens with one attached hydrogen (secondary N) is 1. The van der Waals surface area contributed by atoms with Crippen LogP contribution in [0.15, 0.2) is 12.2 Å². The van der Waals surface area contributed by atoms with Crippen molar-refractivity contribution in [2.24, 2.45) is 5.73 Å². The van der Waals surface area contributed by atoms with Gasteiger partial charge in [-0.2, -0.15) is 0 Å². The molecular formula is C13H21N3O6. The van der Waals surface area contributed by atoms with Crippen LogP contribution in [0.2, 0.25) is 0 Å². The Hall–Kier alpha value is -1.97. The lowest BCUT2D eigenvalue weighted by Crippen LogP contribution is -2.38. The average molecular weight is 315 g/mol. The molecule has 0 aromatic heterocycles. The summed E-state index contributed by atoms with van der Waals surface area (Å²) < 4.78 is 15.1. The molecule has 1 rings (SSSR count). The van der Waals surface area contributed by atoms with Crippen LogP contribution in [0.5, 0.6) is 0 Å². The quantitative estimate of drug-likeness (QED) is 0.356. The molecule has 0 bridgehead atoms. The van der Waals surface area contributed by atoms with E-state index in [1.54, 1.807) is 0 Å². The van der Waals surface area contributed by atoms with Crippen molar-refractivity contribution < 1.29 is 28.6 Å². The maximum atomic E-state index is 11.3. The molecule has 9 heteroatoms. The van der Waals surface area contributed by atoms with Crippen molar-refractivity contribution in [2.45, 2.75) is 0 Å². The van der Waals surface area contributed by atoms with Gasteiger partial charge in [-0.1, -0.05) is 0 Å². The highest BCUT2D eigenvalue weighted by molar-refractivity contribution is 6.12. The Labute approximate surface area is 128 Å². The largest absolute Gasteiger partial charge is 0.447 e. The normalized spacial score (nSPS) is 13.8. The lowest BCUT2D eigenvalue weighted by molar-refractivity contribution is -0.136. The van der Waals surface area contributed by atoms with E-state index in [1.807, 2.05) is 0 Å². The number of nitrogens with two attached hydrogens (primary N) is 1. The van der Waals surface area contributed by atoms with Gasteiger partial charge in [0.05, 0.1) is 26.4 Å². The summed E-state index contributed by atoms with van der Waals surface area (Å²) in [4.78, 5) is 34.8. The molecule has 0 fully saturated rings. The number of carbonyl (C=O) groups excluding carboxylic acids is 3. The molecule has 0 spiro atoms. The van der Waals surface area contributed by atoms with E-state index in [-0.39, 0.29) is 38.1 Å². The lowest BCUT2D eigenvalue weighted by Gasteiger charge is -2.14. The number of nitrogens with zero attached hydrogens (tertiary/aromatic N) is 1. The van der Waals surface area contributed by atoms with E-state index in [9.17, 15) is 14.4 Å². The van der Waals surface area contributed by atoms with Gasteiger partial charge in [0.15, 0.2) is 0 Å². The minimum atomic E-state index is -0.630. The molecule has 22 heavy (non-hydrogen) atoms. The first-order chi connectivity index (χ1) is 10.6. The highest BCUT2D eigenvalue weighted by atomic mass is 16.6. The van der Waals surface area contributed by atoms with Crippen LogP contribution in [0, 0.1) is 0 Å². The zero-order valence-corrected chi connectivity index (χ0v) is 12.3. The van der Waals surface area contributed by atoms with E-state index in [4.69, 9.17) is 19.9 Å². The number of imide groups is 1. The number of rotatable bonds is 11. The summed E-state index contributed by atoms with van der Waals surface area (Å²) in [6.07, 6.45) is 1.75. The molecule has 0 radical (unpaired) electrons. The summed E-state index contributed by atoms with van der Waals surface area (Å²) in [5.41, 5.74) is 5.25. The zero-order valence-electron chi connectivity index (χ0n) is 12.3. The lowest BCUT2D eigenvalue weighted by atomic mass is 10.5. The van der Waals surface area contributed by atoms with Crippen molar-refractivity contribution in [3.05, 3.63) is 12.2 Å². The first kappa shape index (κ1) is 18.1. The van der Waals surface area contributed by atoms with Crippen LogP contribution in [-0.4, -0.2) is 75.5 Å². The van der Waals surface area contributed by atoms with E-state index in [0.29, 0.717) is 26.4 Å². The van der Waals surface area contributed by atoms with E-state index >= 15 is 0 Å². The van der Waals surface area contributed by atoms with Crippen molar-refractivity contribution in [3.63, 3.8) is 0 Å². The van der Waals surface area contributed by atoms with E-state index in [1.165, 1.54) is 12.2 Å². The maximum Gasteiger partial charge on any atom is 0.407 e. The Morgan fingerprint density at radius 2 is 1.64 bits per heavy atom. The molecule has 124 valence electrons. The van der Waals surface area contributed by atoms with Crippen molar-refractivity contribution in [1.29, 1.82) is 0 Å². The fourth-order valence-corrected chi connectivity index (χ4v) is 1.57. The standard InChI is InChI=1S/C13H21N3O6/c14-3-6-20-7-8-21-9-10-22-13(19)15-4-5-16-11(17)1-2-12(16)18/h1-2H,3-10,14H2,(H,15,19). The second-order valence-electron chi connectivity index (χ2n) is 4.24. The van der Waals surface area contributed by atoms with Gasteiger partial charge in [-0.3, -0.25) is 14.5 Å². The predicted molar refractivity (Wildman–Crippen MR) is 75.9 cm³/mol. The van der Waals surface area contributed by atoms with Crippen LogP contribution in [0.3, 0.4) is 0 Å². The van der Waals surface area contributed by atoms with Crippen LogP contribution in [0.1, 0.15) is 0 Å². The maximum absolute atomic E-state index is 11.3. The van der Waals surface area contributed by atoms with Crippen molar-refractivity contribution >= 4 is 17.9 Å². The second kappa shape index (κ2) is 10.7. The number of hydrogen-bond acceptors (Lipinski definition) is 7. The molecule has 0 saturated carbocycles. The van der Waals surface area contributed by atoms with Crippen LogP contribution in [0.4, 0.5) is 4.79 Å². The minimum absolute atomic E-state index is 0.103. The minimum Gasteiger partial charge on any atom is -0.447 e. The first-order valence-electron chi connectivity index (χ1n) is 6.95. The second-order valence-corrected chi connectivity index (χ2v) is 4.24. The molecule has 0 saturated heterocycles. The van der Waals surface area contributed by atoms with Crippen LogP contribution < -0.4 is 11.1 Å². The fourth-order valence-electron chi connectivity index (χ4n) is 1.57. The number of carbonyl (C=O) groups is 3. The zero-order chi connectivity index (χ0) is 16.2. The topological polar surface area (TPSA) is 120 Å². The first-order valence-corrected chi connectivity index (χ1v) is 6.95. The number of hydrogen-bond donors (Lipinski definition) is 2. The Balaban J connectivity index is 1.94. The number of ether oxygens (including phenoxy) is 3. The Bertz CT molecular complexity index is 395. The Morgan fingerprint density at radius 3 is 2.27 bits per heavy atom. The molecule has 1 heterocycles. The monoisotopic (exact) mass is 315 g/mol. The molecule has 0 unspecified atom stereocenters. The SMILES string of the molecule is NCCOCCOCCOC(=O)NCCN1C(=O)C=CC1=O. The highest BCUT2D eigenvalue weighted by Crippen LogP contribution is 2.01. The van der Waals surface area contributed by atoms with E-state index < -0.39 is 6.09 Å². The summed E-state index contributed by atoms with van der Waals surface area (Å²) in [6.45, 7) is 2.39. The molecule has 0 atom stereocenters. The van der Waals surface area contributed by atoms with Gasteiger partial charge in [0, 0.05) is 31.8 Å². The summed E-state index contributed by atoms with van der Waals surface area (Å²) in [7, 11) is 0. The third-order valence-corrected chi connectivity index (χ3v) is 2.60. The number of alkyl carbamates (subject to hydrolysis) is 1. The molecule has 3 N–H and O–H groups in total. The molecule has 0 aliphatic carbocycles. The van der Waals surface area contributed by atoms with Gasteiger partial charge in [0.1, 0.15) is 6.61 Å². The van der Waals surface area contributed by atoms with Crippen molar-refractivity contribution in [3.8, 4) is 0 Å². The fraction of sp³-hybridized carbons (Fsp3) is 0.615. The Morgan fingerprint density at radius 1 is 1.05 bits per heavy atom. The van der Waals surface area contributed by atoms with Gasteiger partial charge in [-0.25, -0.2) is 4.79 Å². The average Bonchev–Trinajstić information content (AvgIpc) is 2.82. The summed E-state index contributed by atoms with van der Waals surface area (Å²) >= 11 is 0. The van der Waals surface area contributed by atoms with E-state index in [2.05, 4.69) is 5.32 Å².